The molecule has 0 spiro atoms. The summed E-state index contributed by atoms with van der Waals surface area (Å²) in [5.74, 6) is 0.314. The summed E-state index contributed by atoms with van der Waals surface area (Å²) >= 11 is 0. The van der Waals surface area contributed by atoms with Gasteiger partial charge in [-0.15, -0.1) is 0 Å². The fourth-order valence-corrected chi connectivity index (χ4v) is 2.04. The number of rotatable bonds is 3. The largest absolute Gasteiger partial charge is 0.508 e. The van der Waals surface area contributed by atoms with Gasteiger partial charge in [-0.05, 0) is 48.9 Å². The van der Waals surface area contributed by atoms with Crippen LogP contribution in [0.3, 0.4) is 0 Å². The summed E-state index contributed by atoms with van der Waals surface area (Å²) in [7, 11) is 0. The lowest BCUT2D eigenvalue weighted by Crippen LogP contribution is -1.99. The molecule has 0 heterocycles. The van der Waals surface area contributed by atoms with Crippen LogP contribution in [0.1, 0.15) is 35.4 Å². The van der Waals surface area contributed by atoms with Gasteiger partial charge in [-0.25, -0.2) is 0 Å². The quantitative estimate of drug-likeness (QED) is 0.899. The zero-order chi connectivity index (χ0) is 15.2. The molecule has 3 heteroatoms. The van der Waals surface area contributed by atoms with Crippen LogP contribution in [0.15, 0.2) is 48.5 Å². The zero-order valence-corrected chi connectivity index (χ0v) is 12.1. The van der Waals surface area contributed by atoms with Crippen LogP contribution < -0.4 is 0 Å². The SMILES string of the molecule is Cc1ccc(O)cc1.O=C(O)Cc1ccc(C2CC2)cc1. The molecule has 0 amide bonds. The molecular formula is C18H20O3. The smallest absolute Gasteiger partial charge is 0.307 e. The lowest BCUT2D eigenvalue weighted by molar-refractivity contribution is -0.136. The number of carboxylic acids is 1. The van der Waals surface area contributed by atoms with E-state index in [0.29, 0.717) is 5.75 Å². The second kappa shape index (κ2) is 6.93. The molecule has 1 fully saturated rings. The normalized spacial score (nSPS) is 13.2. The van der Waals surface area contributed by atoms with E-state index in [1.165, 1.54) is 24.0 Å². The molecule has 1 saturated carbocycles. The van der Waals surface area contributed by atoms with E-state index in [1.807, 2.05) is 31.2 Å². The number of carboxylic acid groups (broad SMARTS) is 1. The van der Waals surface area contributed by atoms with E-state index in [2.05, 4.69) is 12.1 Å². The van der Waals surface area contributed by atoms with Crippen molar-refractivity contribution in [3.63, 3.8) is 0 Å². The molecule has 21 heavy (non-hydrogen) atoms. The zero-order valence-electron chi connectivity index (χ0n) is 12.1. The maximum atomic E-state index is 10.4. The Balaban J connectivity index is 0.000000173. The van der Waals surface area contributed by atoms with Gasteiger partial charge in [0.25, 0.3) is 0 Å². The minimum absolute atomic E-state index is 0.130. The number of hydrogen-bond acceptors (Lipinski definition) is 2. The first-order chi connectivity index (χ1) is 10.0. The molecule has 0 bridgehead atoms. The van der Waals surface area contributed by atoms with Crippen LogP contribution in [0.2, 0.25) is 0 Å². The number of hydrogen-bond donors (Lipinski definition) is 2. The molecule has 1 aliphatic rings. The predicted octanol–water partition coefficient (Wildman–Crippen LogP) is 3.89. The van der Waals surface area contributed by atoms with Gasteiger partial charge in [0.05, 0.1) is 6.42 Å². The third-order valence-electron chi connectivity index (χ3n) is 3.42. The summed E-state index contributed by atoms with van der Waals surface area (Å²) in [5.41, 5.74) is 3.41. The fourth-order valence-electron chi connectivity index (χ4n) is 2.04. The molecule has 2 aromatic rings. The minimum atomic E-state index is -0.765. The third kappa shape index (κ3) is 5.30. The topological polar surface area (TPSA) is 57.5 Å². The highest BCUT2D eigenvalue weighted by molar-refractivity contribution is 5.70. The Morgan fingerprint density at radius 1 is 1.05 bits per heavy atom. The van der Waals surface area contributed by atoms with Crippen molar-refractivity contribution in [1.82, 2.24) is 0 Å². The average molecular weight is 284 g/mol. The Morgan fingerprint density at radius 2 is 1.62 bits per heavy atom. The number of aromatic hydroxyl groups is 1. The minimum Gasteiger partial charge on any atom is -0.508 e. The second-order valence-electron chi connectivity index (χ2n) is 5.42. The van der Waals surface area contributed by atoms with Crippen molar-refractivity contribution in [3.05, 3.63) is 65.2 Å². The molecule has 1 aliphatic carbocycles. The highest BCUT2D eigenvalue weighted by atomic mass is 16.4. The number of carbonyl (C=O) groups is 1. The van der Waals surface area contributed by atoms with E-state index in [9.17, 15) is 4.79 Å². The summed E-state index contributed by atoms with van der Waals surface area (Å²) in [5, 5.41) is 17.3. The molecular weight excluding hydrogens is 264 g/mol. The average Bonchev–Trinajstić information content (AvgIpc) is 3.28. The van der Waals surface area contributed by atoms with Gasteiger partial charge >= 0.3 is 5.97 Å². The Morgan fingerprint density at radius 3 is 2.05 bits per heavy atom. The number of aliphatic carboxylic acids is 1. The lowest BCUT2D eigenvalue weighted by Gasteiger charge is -1.99. The second-order valence-corrected chi connectivity index (χ2v) is 5.42. The standard InChI is InChI=1S/C11H12O2.C7H8O/c12-11(13)7-8-1-3-9(4-2-8)10-5-6-10;1-6-2-4-7(8)5-3-6/h1-4,10H,5-7H2,(H,12,13);2-5,8H,1H3. The van der Waals surface area contributed by atoms with E-state index in [4.69, 9.17) is 10.2 Å². The van der Waals surface area contributed by atoms with Crippen LogP contribution in [-0.4, -0.2) is 16.2 Å². The van der Waals surface area contributed by atoms with Crippen LogP contribution in [-0.2, 0) is 11.2 Å². The highest BCUT2D eigenvalue weighted by Crippen LogP contribution is 2.39. The number of benzene rings is 2. The lowest BCUT2D eigenvalue weighted by atomic mass is 10.1. The van der Waals surface area contributed by atoms with Crippen LogP contribution in [0, 0.1) is 6.92 Å². The molecule has 0 radical (unpaired) electrons. The van der Waals surface area contributed by atoms with Gasteiger partial charge in [-0.1, -0.05) is 42.0 Å². The first kappa shape index (κ1) is 15.1. The van der Waals surface area contributed by atoms with Crippen LogP contribution >= 0.6 is 0 Å². The van der Waals surface area contributed by atoms with Gasteiger partial charge in [0.2, 0.25) is 0 Å². The highest BCUT2D eigenvalue weighted by Gasteiger charge is 2.22. The monoisotopic (exact) mass is 284 g/mol. The molecule has 0 unspecified atom stereocenters. The predicted molar refractivity (Wildman–Crippen MR) is 82.6 cm³/mol. The summed E-state index contributed by atoms with van der Waals surface area (Å²) in [6.07, 6.45) is 2.71. The van der Waals surface area contributed by atoms with Crippen LogP contribution in [0.4, 0.5) is 0 Å². The fraction of sp³-hybridized carbons (Fsp3) is 0.278. The van der Waals surface area contributed by atoms with Crippen molar-refractivity contribution in [2.45, 2.75) is 32.1 Å². The van der Waals surface area contributed by atoms with Gasteiger partial charge in [0.1, 0.15) is 5.75 Å². The molecule has 2 aromatic carbocycles. The summed E-state index contributed by atoms with van der Waals surface area (Å²) in [6.45, 7) is 1.99. The summed E-state index contributed by atoms with van der Waals surface area (Å²) in [6, 6.07) is 15.0. The molecule has 3 rings (SSSR count). The van der Waals surface area contributed by atoms with E-state index in [-0.39, 0.29) is 6.42 Å². The van der Waals surface area contributed by atoms with Crippen molar-refractivity contribution < 1.29 is 15.0 Å². The van der Waals surface area contributed by atoms with Crippen molar-refractivity contribution in [3.8, 4) is 5.75 Å². The number of aryl methyl sites for hydroxylation is 1. The molecule has 0 saturated heterocycles. The molecule has 3 nitrogen and oxygen atoms in total. The van der Waals surface area contributed by atoms with Crippen LogP contribution in [0.5, 0.6) is 5.75 Å². The van der Waals surface area contributed by atoms with Crippen molar-refractivity contribution in [2.24, 2.45) is 0 Å². The maximum absolute atomic E-state index is 10.4. The van der Waals surface area contributed by atoms with Gasteiger partial charge in [0, 0.05) is 0 Å². The van der Waals surface area contributed by atoms with Crippen molar-refractivity contribution in [1.29, 1.82) is 0 Å². The van der Waals surface area contributed by atoms with Gasteiger partial charge in [-0.2, -0.15) is 0 Å². The van der Waals surface area contributed by atoms with E-state index < -0.39 is 5.97 Å². The molecule has 0 aromatic heterocycles. The van der Waals surface area contributed by atoms with Crippen molar-refractivity contribution in [2.75, 3.05) is 0 Å². The van der Waals surface area contributed by atoms with E-state index in [1.54, 1.807) is 12.1 Å². The Bertz CT molecular complexity index is 560. The summed E-state index contributed by atoms with van der Waals surface area (Å²) < 4.78 is 0. The molecule has 110 valence electrons. The Hall–Kier alpha value is -2.29. The summed E-state index contributed by atoms with van der Waals surface area (Å²) in [4.78, 5) is 10.4. The first-order valence-electron chi connectivity index (χ1n) is 7.11. The Kier molecular flexibility index (Phi) is 4.99. The van der Waals surface area contributed by atoms with Crippen molar-refractivity contribution >= 4 is 5.97 Å². The first-order valence-corrected chi connectivity index (χ1v) is 7.11. The Labute approximate surface area is 124 Å². The molecule has 0 atom stereocenters. The molecule has 0 aliphatic heterocycles. The van der Waals surface area contributed by atoms with E-state index in [0.717, 1.165) is 11.5 Å². The van der Waals surface area contributed by atoms with Gasteiger partial charge in [0.15, 0.2) is 0 Å². The maximum Gasteiger partial charge on any atom is 0.307 e. The van der Waals surface area contributed by atoms with Gasteiger partial charge in [-0.3, -0.25) is 4.79 Å². The number of phenols is 1. The van der Waals surface area contributed by atoms with Gasteiger partial charge < -0.3 is 10.2 Å². The van der Waals surface area contributed by atoms with Crippen LogP contribution in [0.25, 0.3) is 0 Å². The van der Waals surface area contributed by atoms with E-state index >= 15 is 0 Å². The third-order valence-corrected chi connectivity index (χ3v) is 3.42. The number of phenolic OH excluding ortho intramolecular Hbond substituents is 1. The molecule has 2 N–H and O–H groups in total.